The van der Waals surface area contributed by atoms with E-state index in [2.05, 4.69) is 5.32 Å². The van der Waals surface area contributed by atoms with E-state index in [0.717, 1.165) is 0 Å². The maximum Gasteiger partial charge on any atom is 0.310 e. The Labute approximate surface area is 156 Å². The van der Waals surface area contributed by atoms with Gasteiger partial charge in [0.2, 0.25) is 0 Å². The Bertz CT molecular complexity index is 879. The molecular weight excluding hydrogens is 353 g/mol. The zero-order chi connectivity index (χ0) is 20.0. The van der Waals surface area contributed by atoms with E-state index in [9.17, 15) is 18.8 Å². The number of methoxy groups -OCH3 is 1. The van der Waals surface area contributed by atoms with E-state index in [0.29, 0.717) is 22.4 Å². The van der Waals surface area contributed by atoms with E-state index in [1.165, 1.54) is 26.2 Å². The first-order valence-corrected chi connectivity index (χ1v) is 8.19. The van der Waals surface area contributed by atoms with Crippen LogP contribution in [0.3, 0.4) is 0 Å². The van der Waals surface area contributed by atoms with Crippen molar-refractivity contribution in [3.8, 4) is 5.75 Å². The number of esters is 1. The summed E-state index contributed by atoms with van der Waals surface area (Å²) in [4.78, 5) is 35.3. The Balaban J connectivity index is 1.93. The topological polar surface area (TPSA) is 81.7 Å². The third-order valence-electron chi connectivity index (χ3n) is 3.84. The van der Waals surface area contributed by atoms with Gasteiger partial charge in [0.15, 0.2) is 12.4 Å². The molecule has 2 rings (SSSR count). The van der Waals surface area contributed by atoms with Gasteiger partial charge in [-0.2, -0.15) is 0 Å². The molecule has 142 valence electrons. The van der Waals surface area contributed by atoms with Crippen LogP contribution in [0, 0.1) is 12.7 Å². The summed E-state index contributed by atoms with van der Waals surface area (Å²) in [6.45, 7) is 2.52. The predicted molar refractivity (Wildman–Crippen MR) is 97.4 cm³/mol. The van der Waals surface area contributed by atoms with E-state index in [-0.39, 0.29) is 17.9 Å². The summed E-state index contributed by atoms with van der Waals surface area (Å²) in [5.41, 5.74) is 1.66. The van der Waals surface area contributed by atoms with Gasteiger partial charge in [0.25, 0.3) is 5.91 Å². The van der Waals surface area contributed by atoms with Gasteiger partial charge in [0, 0.05) is 16.8 Å². The van der Waals surface area contributed by atoms with Crippen LogP contribution < -0.4 is 10.1 Å². The molecule has 0 bridgehead atoms. The minimum atomic E-state index is -0.653. The minimum Gasteiger partial charge on any atom is -0.496 e. The van der Waals surface area contributed by atoms with Crippen LogP contribution in [-0.2, 0) is 20.7 Å². The van der Waals surface area contributed by atoms with Crippen molar-refractivity contribution in [2.24, 2.45) is 0 Å². The molecule has 0 aliphatic heterocycles. The molecule has 1 amide bonds. The fraction of sp³-hybridized carbons (Fsp3) is 0.250. The molecule has 0 saturated carbocycles. The van der Waals surface area contributed by atoms with Crippen LogP contribution in [0.1, 0.15) is 28.4 Å². The zero-order valence-corrected chi connectivity index (χ0v) is 15.3. The lowest BCUT2D eigenvalue weighted by Gasteiger charge is -2.10. The lowest BCUT2D eigenvalue weighted by Crippen LogP contribution is -2.22. The molecule has 0 aromatic heterocycles. The highest BCUT2D eigenvalue weighted by molar-refractivity contribution is 5.95. The van der Waals surface area contributed by atoms with Gasteiger partial charge < -0.3 is 14.8 Å². The van der Waals surface area contributed by atoms with Crippen molar-refractivity contribution in [1.29, 1.82) is 0 Å². The molecule has 1 N–H and O–H groups in total. The molecule has 0 unspecified atom stereocenters. The molecule has 0 aliphatic carbocycles. The highest BCUT2D eigenvalue weighted by atomic mass is 19.1. The van der Waals surface area contributed by atoms with Crippen molar-refractivity contribution in [3.05, 3.63) is 58.9 Å². The molecule has 0 spiro atoms. The normalized spacial score (nSPS) is 10.2. The molecule has 0 saturated heterocycles. The molecular formula is C20H20FNO5. The largest absolute Gasteiger partial charge is 0.496 e. The van der Waals surface area contributed by atoms with Crippen LogP contribution in [0.25, 0.3) is 0 Å². The summed E-state index contributed by atoms with van der Waals surface area (Å²) < 4.78 is 23.6. The number of hydrogen-bond donors (Lipinski definition) is 1. The summed E-state index contributed by atoms with van der Waals surface area (Å²) in [5, 5.41) is 2.45. The van der Waals surface area contributed by atoms with Gasteiger partial charge in [-0.1, -0.05) is 6.07 Å². The van der Waals surface area contributed by atoms with Gasteiger partial charge in [-0.25, -0.2) is 4.39 Å². The van der Waals surface area contributed by atoms with E-state index < -0.39 is 24.3 Å². The van der Waals surface area contributed by atoms with Crippen LogP contribution >= 0.6 is 0 Å². The lowest BCUT2D eigenvalue weighted by atomic mass is 10.0. The summed E-state index contributed by atoms with van der Waals surface area (Å²) in [7, 11) is 1.45. The van der Waals surface area contributed by atoms with Gasteiger partial charge in [-0.05, 0) is 49.7 Å². The number of halogens is 1. The number of ketones is 1. The Morgan fingerprint density at radius 2 is 1.85 bits per heavy atom. The van der Waals surface area contributed by atoms with Crippen LogP contribution in [0.4, 0.5) is 10.1 Å². The van der Waals surface area contributed by atoms with Crippen LogP contribution in [0.15, 0.2) is 36.4 Å². The summed E-state index contributed by atoms with van der Waals surface area (Å²) in [6.07, 6.45) is -0.156. The summed E-state index contributed by atoms with van der Waals surface area (Å²) in [6, 6.07) is 9.02. The molecule has 2 aromatic rings. The molecule has 6 nitrogen and oxygen atoms in total. The molecule has 0 aliphatic rings. The number of carbonyl (C=O) groups excluding carboxylic acids is 3. The van der Waals surface area contributed by atoms with Crippen molar-refractivity contribution in [3.63, 3.8) is 0 Å². The molecule has 0 fully saturated rings. The first-order valence-electron chi connectivity index (χ1n) is 8.19. The third-order valence-corrected chi connectivity index (χ3v) is 3.84. The molecule has 7 heteroatoms. The van der Waals surface area contributed by atoms with Crippen molar-refractivity contribution in [2.75, 3.05) is 19.0 Å². The number of benzene rings is 2. The molecule has 0 radical (unpaired) electrons. The second-order valence-electron chi connectivity index (χ2n) is 5.93. The predicted octanol–water partition coefficient (Wildman–Crippen LogP) is 3.07. The Morgan fingerprint density at radius 3 is 2.48 bits per heavy atom. The summed E-state index contributed by atoms with van der Waals surface area (Å²) >= 11 is 0. The van der Waals surface area contributed by atoms with E-state index in [4.69, 9.17) is 9.47 Å². The van der Waals surface area contributed by atoms with Gasteiger partial charge in [0.1, 0.15) is 11.6 Å². The fourth-order valence-corrected chi connectivity index (χ4v) is 2.36. The second-order valence-corrected chi connectivity index (χ2v) is 5.93. The number of ether oxygens (including phenoxy) is 2. The van der Waals surface area contributed by atoms with E-state index in [1.807, 2.05) is 0 Å². The van der Waals surface area contributed by atoms with Crippen molar-refractivity contribution >= 4 is 23.3 Å². The highest BCUT2D eigenvalue weighted by Gasteiger charge is 2.14. The third kappa shape index (κ3) is 5.64. The van der Waals surface area contributed by atoms with E-state index >= 15 is 0 Å². The average molecular weight is 373 g/mol. The van der Waals surface area contributed by atoms with Crippen molar-refractivity contribution in [1.82, 2.24) is 0 Å². The second kappa shape index (κ2) is 8.93. The van der Waals surface area contributed by atoms with Crippen LogP contribution in [0.5, 0.6) is 5.75 Å². The highest BCUT2D eigenvalue weighted by Crippen LogP contribution is 2.21. The Hall–Kier alpha value is -3.22. The quantitative estimate of drug-likeness (QED) is 0.596. The Morgan fingerprint density at radius 1 is 1.11 bits per heavy atom. The number of nitrogens with one attached hydrogen (secondary N) is 1. The smallest absolute Gasteiger partial charge is 0.310 e. The zero-order valence-electron chi connectivity index (χ0n) is 15.3. The summed E-state index contributed by atoms with van der Waals surface area (Å²) in [5.74, 6) is -1.38. The van der Waals surface area contributed by atoms with Crippen LogP contribution in [-0.4, -0.2) is 31.4 Å². The van der Waals surface area contributed by atoms with E-state index in [1.54, 1.807) is 31.2 Å². The number of Topliss-reactive ketones (excluding diaryl/α,β-unsaturated/α-hetero) is 1. The number of hydrogen-bond acceptors (Lipinski definition) is 5. The van der Waals surface area contributed by atoms with Crippen molar-refractivity contribution < 1.29 is 28.2 Å². The molecule has 0 heterocycles. The fourth-order valence-electron chi connectivity index (χ4n) is 2.36. The number of aryl methyl sites for hydroxylation is 1. The monoisotopic (exact) mass is 373 g/mol. The maximum atomic E-state index is 13.5. The molecule has 0 atom stereocenters. The maximum absolute atomic E-state index is 13.5. The minimum absolute atomic E-state index is 0.142. The average Bonchev–Trinajstić information content (AvgIpc) is 2.63. The van der Waals surface area contributed by atoms with Crippen LogP contribution in [0.2, 0.25) is 0 Å². The first-order chi connectivity index (χ1) is 12.8. The number of anilines is 1. The van der Waals surface area contributed by atoms with Gasteiger partial charge in [0.05, 0.1) is 13.5 Å². The first kappa shape index (κ1) is 20.1. The van der Waals surface area contributed by atoms with Gasteiger partial charge in [-0.3, -0.25) is 14.4 Å². The number of rotatable bonds is 7. The van der Waals surface area contributed by atoms with Crippen molar-refractivity contribution in [2.45, 2.75) is 20.3 Å². The lowest BCUT2D eigenvalue weighted by molar-refractivity contribution is -0.146. The Kier molecular flexibility index (Phi) is 6.65. The van der Waals surface area contributed by atoms with Gasteiger partial charge >= 0.3 is 5.97 Å². The van der Waals surface area contributed by atoms with Gasteiger partial charge in [-0.15, -0.1) is 0 Å². The number of carbonyl (C=O) groups is 3. The standard InChI is InChI=1S/C20H20FNO5/c1-12-4-6-16(10-17(12)21)22-19(24)11-27-20(25)9-15-8-14(13(2)23)5-7-18(15)26-3/h4-8,10H,9,11H2,1-3H3,(H,22,24). The molecule has 2 aromatic carbocycles. The SMILES string of the molecule is COc1ccc(C(C)=O)cc1CC(=O)OCC(=O)Nc1ccc(C)c(F)c1. The molecule has 27 heavy (non-hydrogen) atoms. The number of amides is 1.